The maximum Gasteiger partial charge on any atom is 0.214 e. The van der Waals surface area contributed by atoms with Gasteiger partial charge in [0, 0.05) is 18.0 Å². The maximum atomic E-state index is 5.86. The molecule has 0 aliphatic heterocycles. The molecule has 0 radical (unpaired) electrons. The fraction of sp³-hybridized carbons (Fsp3) is 0.400. The van der Waals surface area contributed by atoms with Crippen molar-refractivity contribution in [3.05, 3.63) is 35.9 Å². The molecule has 3 nitrogen and oxygen atoms in total. The smallest absolute Gasteiger partial charge is 0.214 e. The Morgan fingerprint density at radius 2 is 1.94 bits per heavy atom. The second kappa shape index (κ2) is 5.36. The van der Waals surface area contributed by atoms with Crippen molar-refractivity contribution < 1.29 is 4.74 Å². The van der Waals surface area contributed by atoms with Gasteiger partial charge in [0.1, 0.15) is 0 Å². The molecule has 0 amide bonds. The van der Waals surface area contributed by atoms with E-state index in [1.165, 1.54) is 0 Å². The maximum absolute atomic E-state index is 5.86. The third kappa shape index (κ3) is 2.62. The van der Waals surface area contributed by atoms with Gasteiger partial charge in [-0.2, -0.15) is 0 Å². The van der Waals surface area contributed by atoms with E-state index in [1.54, 1.807) is 0 Å². The van der Waals surface area contributed by atoms with E-state index >= 15 is 0 Å². The molecule has 0 saturated carbocycles. The zero-order valence-corrected chi connectivity index (χ0v) is 11.2. The van der Waals surface area contributed by atoms with Crippen molar-refractivity contribution in [3.63, 3.8) is 0 Å². The van der Waals surface area contributed by atoms with E-state index in [9.17, 15) is 0 Å². The number of para-hydroxylation sites is 1. The molecule has 1 atom stereocenters. The Bertz CT molecular complexity index is 537. The Morgan fingerprint density at radius 3 is 2.61 bits per heavy atom. The van der Waals surface area contributed by atoms with Gasteiger partial charge in [-0.3, -0.25) is 0 Å². The van der Waals surface area contributed by atoms with Crippen molar-refractivity contribution >= 4 is 10.9 Å². The Balaban J connectivity index is 2.41. The highest BCUT2D eigenvalue weighted by Crippen LogP contribution is 2.23. The minimum Gasteiger partial charge on any atom is -0.474 e. The Hall–Kier alpha value is -1.61. The van der Waals surface area contributed by atoms with E-state index in [-0.39, 0.29) is 6.10 Å². The summed E-state index contributed by atoms with van der Waals surface area (Å²) >= 11 is 0. The molecule has 96 valence electrons. The molecule has 0 aliphatic carbocycles. The van der Waals surface area contributed by atoms with Gasteiger partial charge in [0.15, 0.2) is 0 Å². The van der Waals surface area contributed by atoms with Crippen molar-refractivity contribution in [2.45, 2.75) is 33.4 Å². The fourth-order valence-corrected chi connectivity index (χ4v) is 1.78. The van der Waals surface area contributed by atoms with Crippen LogP contribution in [0.5, 0.6) is 5.88 Å². The Labute approximate surface area is 108 Å². The van der Waals surface area contributed by atoms with Gasteiger partial charge in [-0.05, 0) is 24.5 Å². The van der Waals surface area contributed by atoms with Crippen LogP contribution in [-0.4, -0.2) is 11.1 Å². The standard InChI is InChI=1S/C15H20N2O/c1-10(2)11(3)18-15-8-12(9-16)13-6-4-5-7-14(13)17-15/h4-8,10-11H,9,16H2,1-3H3. The SMILES string of the molecule is CC(C)C(C)Oc1cc(CN)c2ccccc2n1. The van der Waals surface area contributed by atoms with Gasteiger partial charge in [0.05, 0.1) is 11.6 Å². The molecule has 1 heterocycles. The number of rotatable bonds is 4. The van der Waals surface area contributed by atoms with Crippen LogP contribution in [0.4, 0.5) is 0 Å². The lowest BCUT2D eigenvalue weighted by Crippen LogP contribution is -2.19. The number of aromatic nitrogens is 1. The third-order valence-electron chi connectivity index (χ3n) is 3.24. The highest BCUT2D eigenvalue weighted by Gasteiger charge is 2.11. The summed E-state index contributed by atoms with van der Waals surface area (Å²) in [7, 11) is 0. The van der Waals surface area contributed by atoms with E-state index in [0.29, 0.717) is 18.3 Å². The van der Waals surface area contributed by atoms with Gasteiger partial charge < -0.3 is 10.5 Å². The first-order valence-electron chi connectivity index (χ1n) is 6.37. The molecule has 0 aliphatic rings. The average molecular weight is 244 g/mol. The molecule has 2 rings (SSSR count). The second-order valence-electron chi connectivity index (χ2n) is 4.91. The summed E-state index contributed by atoms with van der Waals surface area (Å²) in [5.41, 5.74) is 7.80. The number of hydrogen-bond acceptors (Lipinski definition) is 3. The summed E-state index contributed by atoms with van der Waals surface area (Å²) in [6.07, 6.45) is 0.143. The van der Waals surface area contributed by atoms with Crippen LogP contribution in [0.1, 0.15) is 26.3 Å². The van der Waals surface area contributed by atoms with Crippen molar-refractivity contribution in [2.24, 2.45) is 11.7 Å². The molecule has 1 unspecified atom stereocenters. The minimum atomic E-state index is 0.143. The molecule has 1 aromatic heterocycles. The highest BCUT2D eigenvalue weighted by atomic mass is 16.5. The molecular formula is C15H20N2O. The van der Waals surface area contributed by atoms with Gasteiger partial charge in [0.2, 0.25) is 5.88 Å². The summed E-state index contributed by atoms with van der Waals surface area (Å²) in [5, 5.41) is 1.10. The topological polar surface area (TPSA) is 48.1 Å². The van der Waals surface area contributed by atoms with Crippen molar-refractivity contribution in [2.75, 3.05) is 0 Å². The van der Waals surface area contributed by atoms with E-state index in [0.717, 1.165) is 16.5 Å². The van der Waals surface area contributed by atoms with Crippen LogP contribution in [0.3, 0.4) is 0 Å². The summed E-state index contributed by atoms with van der Waals surface area (Å²) in [6, 6.07) is 9.95. The molecule has 0 spiro atoms. The summed E-state index contributed by atoms with van der Waals surface area (Å²) in [5.74, 6) is 1.12. The molecular weight excluding hydrogens is 224 g/mol. The molecule has 2 N–H and O–H groups in total. The first-order valence-corrected chi connectivity index (χ1v) is 6.37. The van der Waals surface area contributed by atoms with Gasteiger partial charge in [-0.1, -0.05) is 32.0 Å². The number of fused-ring (bicyclic) bond motifs is 1. The zero-order chi connectivity index (χ0) is 13.1. The first kappa shape index (κ1) is 12.8. The molecule has 0 bridgehead atoms. The second-order valence-corrected chi connectivity index (χ2v) is 4.91. The van der Waals surface area contributed by atoms with Gasteiger partial charge in [0.25, 0.3) is 0 Å². The van der Waals surface area contributed by atoms with Crippen LogP contribution in [0.25, 0.3) is 10.9 Å². The first-order chi connectivity index (χ1) is 8.61. The van der Waals surface area contributed by atoms with E-state index in [4.69, 9.17) is 10.5 Å². The highest BCUT2D eigenvalue weighted by molar-refractivity contribution is 5.82. The van der Waals surface area contributed by atoms with E-state index in [2.05, 4.69) is 25.8 Å². The van der Waals surface area contributed by atoms with E-state index in [1.807, 2.05) is 30.3 Å². The molecule has 0 fully saturated rings. The number of nitrogens with zero attached hydrogens (tertiary/aromatic N) is 1. The average Bonchev–Trinajstić information content (AvgIpc) is 2.37. The lowest BCUT2D eigenvalue weighted by atomic mass is 10.1. The van der Waals surface area contributed by atoms with Crippen molar-refractivity contribution in [1.82, 2.24) is 4.98 Å². The van der Waals surface area contributed by atoms with Crippen molar-refractivity contribution in [1.29, 1.82) is 0 Å². The monoisotopic (exact) mass is 244 g/mol. The summed E-state index contributed by atoms with van der Waals surface area (Å²) in [6.45, 7) is 6.82. The molecule has 3 heteroatoms. The number of nitrogens with two attached hydrogens (primary N) is 1. The largest absolute Gasteiger partial charge is 0.474 e. The number of benzene rings is 1. The van der Waals surface area contributed by atoms with Crippen LogP contribution in [0.2, 0.25) is 0 Å². The van der Waals surface area contributed by atoms with Gasteiger partial charge in [-0.25, -0.2) is 4.98 Å². The van der Waals surface area contributed by atoms with Crippen LogP contribution in [0.15, 0.2) is 30.3 Å². The molecule has 2 aromatic rings. The van der Waals surface area contributed by atoms with Crippen LogP contribution < -0.4 is 10.5 Å². The van der Waals surface area contributed by atoms with E-state index < -0.39 is 0 Å². The normalized spacial score (nSPS) is 12.9. The lowest BCUT2D eigenvalue weighted by Gasteiger charge is -2.18. The molecule has 1 aromatic carbocycles. The quantitative estimate of drug-likeness (QED) is 0.899. The number of ether oxygens (including phenoxy) is 1. The van der Waals surface area contributed by atoms with Gasteiger partial charge in [-0.15, -0.1) is 0 Å². The van der Waals surface area contributed by atoms with Crippen LogP contribution >= 0.6 is 0 Å². The Morgan fingerprint density at radius 1 is 1.22 bits per heavy atom. The van der Waals surface area contributed by atoms with Crippen LogP contribution in [0, 0.1) is 5.92 Å². The number of pyridine rings is 1. The molecule has 18 heavy (non-hydrogen) atoms. The van der Waals surface area contributed by atoms with Crippen molar-refractivity contribution in [3.8, 4) is 5.88 Å². The summed E-state index contributed by atoms with van der Waals surface area (Å²) < 4.78 is 5.86. The minimum absolute atomic E-state index is 0.143. The fourth-order valence-electron chi connectivity index (χ4n) is 1.78. The zero-order valence-electron chi connectivity index (χ0n) is 11.2. The van der Waals surface area contributed by atoms with Crippen LogP contribution in [-0.2, 0) is 6.54 Å². The summed E-state index contributed by atoms with van der Waals surface area (Å²) in [4.78, 5) is 4.53. The Kier molecular flexibility index (Phi) is 3.82. The third-order valence-corrected chi connectivity index (χ3v) is 3.24. The molecule has 0 saturated heterocycles. The predicted octanol–water partition coefficient (Wildman–Crippen LogP) is 3.12. The predicted molar refractivity (Wildman–Crippen MR) is 74.6 cm³/mol. The lowest BCUT2D eigenvalue weighted by molar-refractivity contribution is 0.164. The van der Waals surface area contributed by atoms with Gasteiger partial charge >= 0.3 is 0 Å². The number of hydrogen-bond donors (Lipinski definition) is 1.